The van der Waals surface area contributed by atoms with E-state index >= 15 is 0 Å². The molecule has 2 rings (SSSR count). The zero-order valence-corrected chi connectivity index (χ0v) is 12.8. The fraction of sp³-hybridized carbons (Fsp3) is 0.333. The minimum Gasteiger partial charge on any atom is -0.497 e. The molecule has 0 spiro atoms. The average molecular weight is 286 g/mol. The molecule has 1 atom stereocenters. The van der Waals surface area contributed by atoms with E-state index < -0.39 is 6.10 Å². The van der Waals surface area contributed by atoms with Crippen molar-refractivity contribution in [2.75, 3.05) is 13.7 Å². The molecule has 0 radical (unpaired) electrons. The average Bonchev–Trinajstić information content (AvgIpc) is 2.47. The first-order chi connectivity index (χ1) is 10.1. The van der Waals surface area contributed by atoms with Gasteiger partial charge in [0.2, 0.25) is 0 Å². The molecule has 0 saturated carbocycles. The van der Waals surface area contributed by atoms with Gasteiger partial charge in [0.05, 0.1) is 19.8 Å². The summed E-state index contributed by atoms with van der Waals surface area (Å²) in [5.74, 6) is 1.65. The van der Waals surface area contributed by atoms with Gasteiger partial charge in [0, 0.05) is 6.42 Å². The molecule has 3 heteroatoms. The lowest BCUT2D eigenvalue weighted by Gasteiger charge is -2.15. The molecule has 0 aromatic heterocycles. The molecule has 112 valence electrons. The van der Waals surface area contributed by atoms with E-state index in [1.165, 1.54) is 5.56 Å². The van der Waals surface area contributed by atoms with Gasteiger partial charge in [-0.05, 0) is 54.8 Å². The quantitative estimate of drug-likeness (QED) is 0.877. The first-order valence-corrected chi connectivity index (χ1v) is 7.12. The highest BCUT2D eigenvalue weighted by molar-refractivity contribution is 5.36. The molecule has 0 aliphatic carbocycles. The maximum atomic E-state index is 10.3. The van der Waals surface area contributed by atoms with Gasteiger partial charge in [-0.2, -0.15) is 0 Å². The molecule has 0 saturated heterocycles. The molecule has 0 fully saturated rings. The Bertz CT molecular complexity index is 593. The van der Waals surface area contributed by atoms with Crippen molar-refractivity contribution < 1.29 is 14.6 Å². The summed E-state index contributed by atoms with van der Waals surface area (Å²) in [4.78, 5) is 0. The van der Waals surface area contributed by atoms with Crippen LogP contribution in [-0.4, -0.2) is 18.8 Å². The largest absolute Gasteiger partial charge is 0.497 e. The van der Waals surface area contributed by atoms with Crippen LogP contribution in [0.1, 0.15) is 29.2 Å². The Morgan fingerprint density at radius 2 is 1.86 bits per heavy atom. The Morgan fingerprint density at radius 1 is 1.05 bits per heavy atom. The summed E-state index contributed by atoms with van der Waals surface area (Å²) in [6.45, 7) is 4.49. The number of hydrogen-bond donors (Lipinski definition) is 1. The highest BCUT2D eigenvalue weighted by Crippen LogP contribution is 2.25. The number of hydrogen-bond acceptors (Lipinski definition) is 3. The summed E-state index contributed by atoms with van der Waals surface area (Å²) < 4.78 is 10.9. The lowest BCUT2D eigenvalue weighted by molar-refractivity contribution is 0.140. The fourth-order valence-corrected chi connectivity index (χ4v) is 2.30. The number of aryl methyl sites for hydroxylation is 2. The predicted molar refractivity (Wildman–Crippen MR) is 84.0 cm³/mol. The molecule has 0 aliphatic rings. The molecular weight excluding hydrogens is 264 g/mol. The minimum atomic E-state index is -0.527. The SMILES string of the molecule is COc1ccc(C(O)CCOc2cccc(C)c2)c(C)c1. The van der Waals surface area contributed by atoms with Gasteiger partial charge in [-0.1, -0.05) is 18.2 Å². The highest BCUT2D eigenvalue weighted by atomic mass is 16.5. The Labute approximate surface area is 126 Å². The zero-order valence-electron chi connectivity index (χ0n) is 12.8. The van der Waals surface area contributed by atoms with Crippen LogP contribution in [-0.2, 0) is 0 Å². The maximum absolute atomic E-state index is 10.3. The van der Waals surface area contributed by atoms with Crippen LogP contribution in [0.15, 0.2) is 42.5 Å². The van der Waals surface area contributed by atoms with Crippen LogP contribution >= 0.6 is 0 Å². The van der Waals surface area contributed by atoms with Crippen LogP contribution in [0.5, 0.6) is 11.5 Å². The van der Waals surface area contributed by atoms with Crippen molar-refractivity contribution in [1.29, 1.82) is 0 Å². The van der Waals surface area contributed by atoms with Crippen molar-refractivity contribution in [3.05, 3.63) is 59.2 Å². The highest BCUT2D eigenvalue weighted by Gasteiger charge is 2.11. The van der Waals surface area contributed by atoms with Crippen LogP contribution in [0.2, 0.25) is 0 Å². The molecule has 2 aromatic rings. The van der Waals surface area contributed by atoms with Gasteiger partial charge >= 0.3 is 0 Å². The summed E-state index contributed by atoms with van der Waals surface area (Å²) in [6, 6.07) is 13.6. The normalized spacial score (nSPS) is 12.0. The van der Waals surface area contributed by atoms with Crippen molar-refractivity contribution in [3.8, 4) is 11.5 Å². The second kappa shape index (κ2) is 7.14. The molecule has 3 nitrogen and oxygen atoms in total. The Morgan fingerprint density at radius 3 is 2.52 bits per heavy atom. The monoisotopic (exact) mass is 286 g/mol. The van der Waals surface area contributed by atoms with E-state index in [-0.39, 0.29) is 0 Å². The molecule has 1 unspecified atom stereocenters. The van der Waals surface area contributed by atoms with Crippen LogP contribution in [0, 0.1) is 13.8 Å². The van der Waals surface area contributed by atoms with Gasteiger partial charge in [-0.3, -0.25) is 0 Å². The molecule has 2 aromatic carbocycles. The van der Waals surface area contributed by atoms with Gasteiger partial charge < -0.3 is 14.6 Å². The van der Waals surface area contributed by atoms with Crippen LogP contribution in [0.3, 0.4) is 0 Å². The van der Waals surface area contributed by atoms with Crippen molar-refractivity contribution in [1.82, 2.24) is 0 Å². The van der Waals surface area contributed by atoms with Gasteiger partial charge in [0.25, 0.3) is 0 Å². The van der Waals surface area contributed by atoms with Crippen LogP contribution in [0.4, 0.5) is 0 Å². The maximum Gasteiger partial charge on any atom is 0.119 e. The van der Waals surface area contributed by atoms with E-state index in [1.54, 1.807) is 7.11 Å². The van der Waals surface area contributed by atoms with Crippen molar-refractivity contribution >= 4 is 0 Å². The molecule has 0 amide bonds. The van der Waals surface area contributed by atoms with E-state index in [2.05, 4.69) is 0 Å². The first kappa shape index (κ1) is 15.4. The van der Waals surface area contributed by atoms with Gasteiger partial charge in [0.15, 0.2) is 0 Å². The van der Waals surface area contributed by atoms with E-state index in [1.807, 2.05) is 56.3 Å². The third-order valence-corrected chi connectivity index (χ3v) is 3.49. The molecule has 21 heavy (non-hydrogen) atoms. The topological polar surface area (TPSA) is 38.7 Å². The smallest absolute Gasteiger partial charge is 0.119 e. The lowest BCUT2D eigenvalue weighted by Crippen LogP contribution is -2.07. The third kappa shape index (κ3) is 4.23. The molecule has 1 N–H and O–H groups in total. The lowest BCUT2D eigenvalue weighted by atomic mass is 10.0. The van der Waals surface area contributed by atoms with E-state index in [0.29, 0.717) is 13.0 Å². The number of methoxy groups -OCH3 is 1. The minimum absolute atomic E-state index is 0.482. The molecule has 0 bridgehead atoms. The van der Waals surface area contributed by atoms with E-state index in [0.717, 1.165) is 22.6 Å². The van der Waals surface area contributed by atoms with Gasteiger partial charge in [0.1, 0.15) is 11.5 Å². The Kier molecular flexibility index (Phi) is 5.23. The third-order valence-electron chi connectivity index (χ3n) is 3.49. The summed E-state index contributed by atoms with van der Waals surface area (Å²) in [7, 11) is 1.64. The van der Waals surface area contributed by atoms with Gasteiger partial charge in [-0.15, -0.1) is 0 Å². The van der Waals surface area contributed by atoms with Crippen LogP contribution < -0.4 is 9.47 Å². The molecule has 0 heterocycles. The number of ether oxygens (including phenoxy) is 2. The van der Waals surface area contributed by atoms with E-state index in [9.17, 15) is 5.11 Å². The fourth-order valence-electron chi connectivity index (χ4n) is 2.30. The Balaban J connectivity index is 1.91. The second-order valence-corrected chi connectivity index (χ2v) is 5.19. The number of benzene rings is 2. The summed E-state index contributed by atoms with van der Waals surface area (Å²) >= 11 is 0. The molecule has 0 aliphatic heterocycles. The van der Waals surface area contributed by atoms with Crippen molar-refractivity contribution in [2.24, 2.45) is 0 Å². The first-order valence-electron chi connectivity index (χ1n) is 7.12. The Hall–Kier alpha value is -2.00. The number of aliphatic hydroxyl groups excluding tert-OH is 1. The van der Waals surface area contributed by atoms with Crippen molar-refractivity contribution in [3.63, 3.8) is 0 Å². The summed E-state index contributed by atoms with van der Waals surface area (Å²) in [5.41, 5.74) is 3.11. The van der Waals surface area contributed by atoms with Crippen LogP contribution in [0.25, 0.3) is 0 Å². The zero-order chi connectivity index (χ0) is 15.2. The summed E-state index contributed by atoms with van der Waals surface area (Å²) in [5, 5.41) is 10.3. The predicted octanol–water partition coefficient (Wildman–Crippen LogP) is 3.81. The second-order valence-electron chi connectivity index (χ2n) is 5.19. The van der Waals surface area contributed by atoms with Gasteiger partial charge in [-0.25, -0.2) is 0 Å². The number of aliphatic hydroxyl groups is 1. The van der Waals surface area contributed by atoms with E-state index in [4.69, 9.17) is 9.47 Å². The summed E-state index contributed by atoms with van der Waals surface area (Å²) in [6.07, 6.45) is 0.0295. The standard InChI is InChI=1S/C18H22O3/c1-13-5-4-6-16(11-13)21-10-9-18(19)17-8-7-15(20-3)12-14(17)2/h4-8,11-12,18-19H,9-10H2,1-3H3. The number of rotatable bonds is 6. The van der Waals surface area contributed by atoms with Crippen molar-refractivity contribution in [2.45, 2.75) is 26.4 Å². The molecular formula is C18H22O3.